The third-order valence-electron chi connectivity index (χ3n) is 2.69. The predicted octanol–water partition coefficient (Wildman–Crippen LogP) is 1.19. The molecule has 0 saturated carbocycles. The van der Waals surface area contributed by atoms with E-state index in [0.717, 1.165) is 24.0 Å². The molecule has 16 heavy (non-hydrogen) atoms. The fourth-order valence-corrected chi connectivity index (χ4v) is 1.88. The molecular formula is C11H13N3O2. The molecule has 0 spiro atoms. The van der Waals surface area contributed by atoms with Crippen LogP contribution >= 0.6 is 0 Å². The first-order valence-electron chi connectivity index (χ1n) is 5.45. The zero-order chi connectivity index (χ0) is 10.8. The van der Waals surface area contributed by atoms with Crippen LogP contribution in [0.2, 0.25) is 0 Å². The molecule has 84 valence electrons. The SMILES string of the molecule is c1ccc2c(c1)nnn2CCC1OCCO1. The number of benzene rings is 1. The molecule has 2 heterocycles. The number of rotatable bonds is 3. The molecule has 0 radical (unpaired) electrons. The van der Waals surface area contributed by atoms with Crippen LogP contribution < -0.4 is 0 Å². The molecule has 1 saturated heterocycles. The van der Waals surface area contributed by atoms with Crippen molar-refractivity contribution in [3.63, 3.8) is 0 Å². The molecule has 1 aliphatic rings. The van der Waals surface area contributed by atoms with E-state index in [0.29, 0.717) is 13.2 Å². The van der Waals surface area contributed by atoms with Gasteiger partial charge in [0.15, 0.2) is 6.29 Å². The maximum Gasteiger partial charge on any atom is 0.159 e. The molecule has 0 atom stereocenters. The van der Waals surface area contributed by atoms with Crippen LogP contribution in [0.3, 0.4) is 0 Å². The van der Waals surface area contributed by atoms with Crippen LogP contribution in [0.5, 0.6) is 0 Å². The van der Waals surface area contributed by atoms with Crippen molar-refractivity contribution in [1.82, 2.24) is 15.0 Å². The lowest BCUT2D eigenvalue weighted by atomic mass is 10.3. The van der Waals surface area contributed by atoms with Crippen molar-refractivity contribution >= 4 is 11.0 Å². The van der Waals surface area contributed by atoms with E-state index in [4.69, 9.17) is 9.47 Å². The van der Waals surface area contributed by atoms with Gasteiger partial charge in [0, 0.05) is 13.0 Å². The number of aryl methyl sites for hydroxylation is 1. The molecule has 0 N–H and O–H groups in total. The molecule has 0 aliphatic carbocycles. The van der Waals surface area contributed by atoms with Crippen molar-refractivity contribution in [2.75, 3.05) is 13.2 Å². The topological polar surface area (TPSA) is 49.2 Å². The van der Waals surface area contributed by atoms with E-state index in [1.807, 2.05) is 28.9 Å². The Labute approximate surface area is 93.0 Å². The zero-order valence-electron chi connectivity index (χ0n) is 8.87. The highest BCUT2D eigenvalue weighted by molar-refractivity contribution is 5.73. The number of aromatic nitrogens is 3. The Kier molecular flexibility index (Phi) is 2.55. The van der Waals surface area contributed by atoms with E-state index in [2.05, 4.69) is 10.3 Å². The van der Waals surface area contributed by atoms with Crippen molar-refractivity contribution in [1.29, 1.82) is 0 Å². The molecular weight excluding hydrogens is 206 g/mol. The Morgan fingerprint density at radius 2 is 2.06 bits per heavy atom. The standard InChI is InChI=1S/C11H13N3O2/c1-2-4-10-9(3-1)12-13-14(10)6-5-11-15-7-8-16-11/h1-4,11H,5-8H2. The van der Waals surface area contributed by atoms with Crippen molar-refractivity contribution in [3.8, 4) is 0 Å². The number of ether oxygens (including phenoxy) is 2. The molecule has 1 aliphatic heterocycles. The fourth-order valence-electron chi connectivity index (χ4n) is 1.88. The van der Waals surface area contributed by atoms with Crippen LogP contribution in [0.1, 0.15) is 6.42 Å². The zero-order valence-corrected chi connectivity index (χ0v) is 8.87. The van der Waals surface area contributed by atoms with Gasteiger partial charge in [-0.05, 0) is 12.1 Å². The van der Waals surface area contributed by atoms with Gasteiger partial charge < -0.3 is 9.47 Å². The van der Waals surface area contributed by atoms with Crippen molar-refractivity contribution in [2.45, 2.75) is 19.3 Å². The van der Waals surface area contributed by atoms with Gasteiger partial charge in [0.2, 0.25) is 0 Å². The second kappa shape index (κ2) is 4.19. The van der Waals surface area contributed by atoms with Gasteiger partial charge in [-0.15, -0.1) is 5.10 Å². The number of para-hydroxylation sites is 1. The molecule has 1 aromatic heterocycles. The Hall–Kier alpha value is -1.46. The smallest absolute Gasteiger partial charge is 0.159 e. The third-order valence-corrected chi connectivity index (χ3v) is 2.69. The Morgan fingerprint density at radius 1 is 1.25 bits per heavy atom. The largest absolute Gasteiger partial charge is 0.350 e. The maximum absolute atomic E-state index is 5.38. The van der Waals surface area contributed by atoms with E-state index in [9.17, 15) is 0 Å². The quantitative estimate of drug-likeness (QED) is 0.778. The molecule has 5 nitrogen and oxygen atoms in total. The molecule has 0 bridgehead atoms. The Morgan fingerprint density at radius 3 is 2.94 bits per heavy atom. The highest BCUT2D eigenvalue weighted by Crippen LogP contribution is 2.13. The lowest BCUT2D eigenvalue weighted by Gasteiger charge is -2.08. The molecule has 2 aromatic rings. The van der Waals surface area contributed by atoms with E-state index < -0.39 is 0 Å². The first kappa shape index (κ1) is 9.74. The Bertz CT molecular complexity index is 477. The van der Waals surface area contributed by atoms with Crippen molar-refractivity contribution in [2.24, 2.45) is 0 Å². The summed E-state index contributed by atoms with van der Waals surface area (Å²) in [5.74, 6) is 0. The van der Waals surface area contributed by atoms with E-state index >= 15 is 0 Å². The molecule has 3 rings (SSSR count). The third kappa shape index (κ3) is 1.79. The summed E-state index contributed by atoms with van der Waals surface area (Å²) in [7, 11) is 0. The maximum atomic E-state index is 5.38. The lowest BCUT2D eigenvalue weighted by Crippen LogP contribution is -2.12. The second-order valence-electron chi connectivity index (χ2n) is 3.76. The highest BCUT2D eigenvalue weighted by atomic mass is 16.7. The minimum atomic E-state index is -0.0806. The van der Waals surface area contributed by atoms with Crippen molar-refractivity contribution in [3.05, 3.63) is 24.3 Å². The summed E-state index contributed by atoms with van der Waals surface area (Å²) in [6.45, 7) is 2.16. The predicted molar refractivity (Wildman–Crippen MR) is 57.8 cm³/mol. The fraction of sp³-hybridized carbons (Fsp3) is 0.455. The normalized spacial score (nSPS) is 17.2. The number of nitrogens with zero attached hydrogens (tertiary/aromatic N) is 3. The van der Waals surface area contributed by atoms with Gasteiger partial charge in [-0.1, -0.05) is 17.3 Å². The van der Waals surface area contributed by atoms with Crippen LogP contribution in [0.15, 0.2) is 24.3 Å². The summed E-state index contributed by atoms with van der Waals surface area (Å²) in [5, 5.41) is 8.21. The molecule has 0 amide bonds. The summed E-state index contributed by atoms with van der Waals surface area (Å²) in [6, 6.07) is 7.93. The monoisotopic (exact) mass is 219 g/mol. The first-order valence-corrected chi connectivity index (χ1v) is 5.45. The molecule has 5 heteroatoms. The van der Waals surface area contributed by atoms with Crippen LogP contribution in [0.4, 0.5) is 0 Å². The van der Waals surface area contributed by atoms with Gasteiger partial charge in [0.25, 0.3) is 0 Å². The van der Waals surface area contributed by atoms with E-state index in [1.165, 1.54) is 0 Å². The van der Waals surface area contributed by atoms with Gasteiger partial charge >= 0.3 is 0 Å². The second-order valence-corrected chi connectivity index (χ2v) is 3.76. The Balaban J connectivity index is 1.73. The van der Waals surface area contributed by atoms with Crippen LogP contribution in [-0.2, 0) is 16.0 Å². The number of fused-ring (bicyclic) bond motifs is 1. The van der Waals surface area contributed by atoms with Gasteiger partial charge in [-0.2, -0.15) is 0 Å². The average Bonchev–Trinajstić information content (AvgIpc) is 2.96. The van der Waals surface area contributed by atoms with Gasteiger partial charge in [0.05, 0.1) is 18.7 Å². The molecule has 0 unspecified atom stereocenters. The van der Waals surface area contributed by atoms with Gasteiger partial charge in [0.1, 0.15) is 5.52 Å². The molecule has 1 aromatic carbocycles. The average molecular weight is 219 g/mol. The molecule has 1 fully saturated rings. The summed E-state index contributed by atoms with van der Waals surface area (Å²) in [5.41, 5.74) is 1.98. The van der Waals surface area contributed by atoms with Crippen LogP contribution in [0.25, 0.3) is 11.0 Å². The van der Waals surface area contributed by atoms with Gasteiger partial charge in [-0.3, -0.25) is 0 Å². The van der Waals surface area contributed by atoms with Crippen LogP contribution in [-0.4, -0.2) is 34.5 Å². The number of hydrogen-bond acceptors (Lipinski definition) is 4. The van der Waals surface area contributed by atoms with Crippen molar-refractivity contribution < 1.29 is 9.47 Å². The summed E-state index contributed by atoms with van der Waals surface area (Å²) >= 11 is 0. The summed E-state index contributed by atoms with van der Waals surface area (Å²) in [6.07, 6.45) is 0.732. The summed E-state index contributed by atoms with van der Waals surface area (Å²) < 4.78 is 12.6. The highest BCUT2D eigenvalue weighted by Gasteiger charge is 2.16. The van der Waals surface area contributed by atoms with Gasteiger partial charge in [-0.25, -0.2) is 4.68 Å². The first-order chi connectivity index (χ1) is 7.93. The minimum Gasteiger partial charge on any atom is -0.350 e. The number of hydrogen-bond donors (Lipinski definition) is 0. The lowest BCUT2D eigenvalue weighted by molar-refractivity contribution is -0.0494. The summed E-state index contributed by atoms with van der Waals surface area (Å²) in [4.78, 5) is 0. The van der Waals surface area contributed by atoms with E-state index in [-0.39, 0.29) is 6.29 Å². The van der Waals surface area contributed by atoms with Crippen LogP contribution in [0, 0.1) is 0 Å². The van der Waals surface area contributed by atoms with E-state index in [1.54, 1.807) is 0 Å². The minimum absolute atomic E-state index is 0.0806.